The van der Waals surface area contributed by atoms with E-state index in [1.54, 1.807) is 0 Å². The zero-order chi connectivity index (χ0) is 15.6. The predicted molar refractivity (Wildman–Crippen MR) is 93.2 cm³/mol. The summed E-state index contributed by atoms with van der Waals surface area (Å²) in [6.45, 7) is 2.83. The van der Waals surface area contributed by atoms with Gasteiger partial charge in [0.1, 0.15) is 5.52 Å². The molecule has 0 aliphatic carbocycles. The Morgan fingerprint density at radius 2 is 1.61 bits per heavy atom. The van der Waals surface area contributed by atoms with E-state index < -0.39 is 0 Å². The maximum atomic E-state index is 4.36. The monoisotopic (exact) mass is 299 g/mol. The van der Waals surface area contributed by atoms with E-state index in [2.05, 4.69) is 71.8 Å². The molecule has 3 heteroatoms. The van der Waals surface area contributed by atoms with Gasteiger partial charge < -0.3 is 0 Å². The maximum absolute atomic E-state index is 4.36. The van der Waals surface area contributed by atoms with Gasteiger partial charge in [-0.1, -0.05) is 77.5 Å². The molecule has 1 heterocycles. The quantitative estimate of drug-likeness (QED) is 0.559. The van der Waals surface area contributed by atoms with Crippen LogP contribution in [0.25, 0.3) is 22.2 Å². The second-order valence-electron chi connectivity index (χ2n) is 5.77. The number of benzene rings is 3. The maximum Gasteiger partial charge on any atom is 0.113 e. The molecule has 0 unspecified atom stereocenters. The Bertz CT molecular complexity index is 938. The molecule has 0 N–H and O–H groups in total. The fourth-order valence-corrected chi connectivity index (χ4v) is 2.86. The van der Waals surface area contributed by atoms with Gasteiger partial charge in [-0.25, -0.2) is 4.68 Å². The minimum atomic E-state index is 0.722. The molecule has 0 saturated carbocycles. The molecular formula is C20H17N3. The van der Waals surface area contributed by atoms with Crippen molar-refractivity contribution in [2.45, 2.75) is 13.5 Å². The minimum Gasteiger partial charge on any atom is -0.240 e. The van der Waals surface area contributed by atoms with Gasteiger partial charge >= 0.3 is 0 Å². The first-order chi connectivity index (χ1) is 11.3. The third kappa shape index (κ3) is 2.61. The highest BCUT2D eigenvalue weighted by molar-refractivity contribution is 5.91. The van der Waals surface area contributed by atoms with Gasteiger partial charge in [0.25, 0.3) is 0 Å². The molecule has 4 aromatic rings. The van der Waals surface area contributed by atoms with Crippen LogP contribution in [0.3, 0.4) is 0 Å². The zero-order valence-electron chi connectivity index (χ0n) is 13.0. The van der Waals surface area contributed by atoms with Crippen LogP contribution in [0.1, 0.15) is 11.1 Å². The highest BCUT2D eigenvalue weighted by Gasteiger charge is 2.11. The van der Waals surface area contributed by atoms with Crippen LogP contribution in [0, 0.1) is 6.92 Å². The molecule has 3 aromatic carbocycles. The van der Waals surface area contributed by atoms with Gasteiger partial charge in [0, 0.05) is 5.56 Å². The third-order valence-electron chi connectivity index (χ3n) is 4.07. The van der Waals surface area contributed by atoms with Crippen molar-refractivity contribution in [3.8, 4) is 11.1 Å². The number of rotatable bonds is 3. The van der Waals surface area contributed by atoms with Crippen LogP contribution in [0.4, 0.5) is 0 Å². The molecule has 23 heavy (non-hydrogen) atoms. The molecule has 112 valence electrons. The Morgan fingerprint density at radius 3 is 2.39 bits per heavy atom. The summed E-state index contributed by atoms with van der Waals surface area (Å²) in [5.41, 5.74) is 6.86. The Hall–Kier alpha value is -2.94. The number of hydrogen-bond acceptors (Lipinski definition) is 2. The number of fused-ring (bicyclic) bond motifs is 1. The highest BCUT2D eigenvalue weighted by Crippen LogP contribution is 2.28. The second-order valence-corrected chi connectivity index (χ2v) is 5.77. The summed E-state index contributed by atoms with van der Waals surface area (Å²) >= 11 is 0. The Kier molecular flexibility index (Phi) is 3.39. The van der Waals surface area contributed by atoms with Crippen molar-refractivity contribution in [2.24, 2.45) is 0 Å². The van der Waals surface area contributed by atoms with E-state index in [0.717, 1.165) is 17.6 Å². The largest absolute Gasteiger partial charge is 0.240 e. The van der Waals surface area contributed by atoms with E-state index in [4.69, 9.17) is 0 Å². The number of aromatic nitrogens is 3. The van der Waals surface area contributed by atoms with Crippen molar-refractivity contribution in [1.29, 1.82) is 0 Å². The molecule has 0 aliphatic heterocycles. The highest BCUT2D eigenvalue weighted by atomic mass is 15.4. The van der Waals surface area contributed by atoms with Crippen molar-refractivity contribution < 1.29 is 0 Å². The van der Waals surface area contributed by atoms with Crippen molar-refractivity contribution in [3.05, 3.63) is 83.9 Å². The van der Waals surface area contributed by atoms with Crippen LogP contribution < -0.4 is 0 Å². The first-order valence-corrected chi connectivity index (χ1v) is 7.74. The van der Waals surface area contributed by atoms with E-state index in [0.29, 0.717) is 0 Å². The number of hydrogen-bond donors (Lipinski definition) is 0. The zero-order valence-corrected chi connectivity index (χ0v) is 13.0. The number of aryl methyl sites for hydroxylation is 1. The summed E-state index contributed by atoms with van der Waals surface area (Å²) < 4.78 is 1.99. The van der Waals surface area contributed by atoms with Crippen LogP contribution in [0.5, 0.6) is 0 Å². The molecule has 0 atom stereocenters. The molecule has 0 fully saturated rings. The van der Waals surface area contributed by atoms with E-state index in [-0.39, 0.29) is 0 Å². The summed E-state index contributed by atoms with van der Waals surface area (Å²) in [5.74, 6) is 0. The topological polar surface area (TPSA) is 30.7 Å². The van der Waals surface area contributed by atoms with Crippen molar-refractivity contribution in [2.75, 3.05) is 0 Å². The molecule has 0 amide bonds. The number of nitrogens with zero attached hydrogens (tertiary/aromatic N) is 3. The first-order valence-electron chi connectivity index (χ1n) is 7.74. The SMILES string of the molecule is Cc1ccc(-c2cccc3nnn(Cc4ccccc4)c23)cc1. The normalized spacial score (nSPS) is 11.0. The average molecular weight is 299 g/mol. The Balaban J connectivity index is 1.85. The summed E-state index contributed by atoms with van der Waals surface area (Å²) in [6.07, 6.45) is 0. The molecule has 0 aliphatic rings. The molecular weight excluding hydrogens is 282 g/mol. The van der Waals surface area contributed by atoms with E-state index in [9.17, 15) is 0 Å². The Labute approximate surface area is 135 Å². The second kappa shape index (κ2) is 5.69. The van der Waals surface area contributed by atoms with E-state index in [1.807, 2.05) is 22.9 Å². The van der Waals surface area contributed by atoms with Crippen LogP contribution in [-0.4, -0.2) is 15.0 Å². The lowest BCUT2D eigenvalue weighted by molar-refractivity contribution is 0.670. The molecule has 1 aromatic heterocycles. The van der Waals surface area contributed by atoms with E-state index >= 15 is 0 Å². The van der Waals surface area contributed by atoms with Crippen molar-refractivity contribution in [1.82, 2.24) is 15.0 Å². The van der Waals surface area contributed by atoms with Gasteiger partial charge in [0.15, 0.2) is 0 Å². The lowest BCUT2D eigenvalue weighted by Gasteiger charge is -2.08. The molecule has 4 rings (SSSR count). The number of para-hydroxylation sites is 1. The molecule has 0 saturated heterocycles. The van der Waals surface area contributed by atoms with Gasteiger partial charge in [-0.05, 0) is 24.1 Å². The van der Waals surface area contributed by atoms with Crippen LogP contribution in [0.15, 0.2) is 72.8 Å². The van der Waals surface area contributed by atoms with Gasteiger partial charge in [0.2, 0.25) is 0 Å². The third-order valence-corrected chi connectivity index (χ3v) is 4.07. The van der Waals surface area contributed by atoms with Gasteiger partial charge in [-0.2, -0.15) is 0 Å². The minimum absolute atomic E-state index is 0.722. The van der Waals surface area contributed by atoms with Crippen molar-refractivity contribution >= 4 is 11.0 Å². The average Bonchev–Trinajstić information content (AvgIpc) is 3.00. The fourth-order valence-electron chi connectivity index (χ4n) is 2.86. The first kappa shape index (κ1) is 13.7. The molecule has 0 spiro atoms. The van der Waals surface area contributed by atoms with Crippen LogP contribution in [0.2, 0.25) is 0 Å². The lowest BCUT2D eigenvalue weighted by atomic mass is 10.0. The van der Waals surface area contributed by atoms with Gasteiger partial charge in [-0.15, -0.1) is 5.10 Å². The lowest BCUT2D eigenvalue weighted by Crippen LogP contribution is -2.02. The molecule has 0 radical (unpaired) electrons. The predicted octanol–water partition coefficient (Wildman–Crippen LogP) is 4.46. The standard InChI is InChI=1S/C20H17N3/c1-15-10-12-17(13-11-15)18-8-5-9-19-20(18)23(22-21-19)14-16-6-3-2-4-7-16/h2-13H,14H2,1H3. The summed E-state index contributed by atoms with van der Waals surface area (Å²) in [4.78, 5) is 0. The van der Waals surface area contributed by atoms with Gasteiger partial charge in [-0.3, -0.25) is 0 Å². The smallest absolute Gasteiger partial charge is 0.113 e. The summed E-state index contributed by atoms with van der Waals surface area (Å²) in [5, 5.41) is 8.69. The molecule has 0 bridgehead atoms. The summed E-state index contributed by atoms with van der Waals surface area (Å²) in [7, 11) is 0. The van der Waals surface area contributed by atoms with Gasteiger partial charge in [0.05, 0.1) is 12.1 Å². The van der Waals surface area contributed by atoms with Crippen LogP contribution >= 0.6 is 0 Å². The van der Waals surface area contributed by atoms with Crippen LogP contribution in [-0.2, 0) is 6.54 Å². The fraction of sp³-hybridized carbons (Fsp3) is 0.100. The Morgan fingerprint density at radius 1 is 0.826 bits per heavy atom. The molecule has 3 nitrogen and oxygen atoms in total. The van der Waals surface area contributed by atoms with E-state index in [1.165, 1.54) is 22.3 Å². The summed E-state index contributed by atoms with van der Waals surface area (Å²) in [6, 6.07) is 25.1. The van der Waals surface area contributed by atoms with Crippen molar-refractivity contribution in [3.63, 3.8) is 0 Å².